The van der Waals surface area contributed by atoms with Crippen LogP contribution in [0.3, 0.4) is 0 Å². The molecule has 0 radical (unpaired) electrons. The molecule has 2 heterocycles. The minimum absolute atomic E-state index is 0.125. The molecular weight excluding hydrogens is 348 g/mol. The van der Waals surface area contributed by atoms with E-state index >= 15 is 0 Å². The summed E-state index contributed by atoms with van der Waals surface area (Å²) in [6.07, 6.45) is 0.571. The quantitative estimate of drug-likeness (QED) is 0.829. The van der Waals surface area contributed by atoms with Gasteiger partial charge >= 0.3 is 0 Å². The number of ether oxygens (including phenoxy) is 4. The van der Waals surface area contributed by atoms with E-state index in [9.17, 15) is 4.79 Å². The Hall–Kier alpha value is -3.22. The number of hydrazone groups is 1. The second-order valence-corrected chi connectivity index (χ2v) is 6.31. The maximum absolute atomic E-state index is 12.2. The van der Waals surface area contributed by atoms with Crippen molar-refractivity contribution in [2.24, 2.45) is 5.10 Å². The third-order valence-corrected chi connectivity index (χ3v) is 4.73. The summed E-state index contributed by atoms with van der Waals surface area (Å²) in [7, 11) is 3.21. The Labute approximate surface area is 157 Å². The number of methoxy groups -OCH3 is 2. The van der Waals surface area contributed by atoms with Crippen LogP contribution in [0, 0.1) is 0 Å². The van der Waals surface area contributed by atoms with Crippen LogP contribution in [0.15, 0.2) is 41.5 Å². The van der Waals surface area contributed by atoms with Gasteiger partial charge in [0, 0.05) is 25.0 Å². The van der Waals surface area contributed by atoms with Crippen LogP contribution in [0.25, 0.3) is 0 Å². The van der Waals surface area contributed by atoms with Crippen LogP contribution < -0.4 is 18.9 Å². The average molecular weight is 368 g/mol. The van der Waals surface area contributed by atoms with E-state index in [0.717, 1.165) is 16.8 Å². The number of fused-ring (bicyclic) bond motifs is 1. The summed E-state index contributed by atoms with van der Waals surface area (Å²) in [5.41, 5.74) is 2.57. The molecule has 0 saturated heterocycles. The average Bonchev–Trinajstić information content (AvgIpc) is 3.33. The van der Waals surface area contributed by atoms with Crippen LogP contribution in [-0.4, -0.2) is 37.6 Å². The molecule has 2 aliphatic rings. The van der Waals surface area contributed by atoms with Gasteiger partial charge in [-0.3, -0.25) is 4.79 Å². The molecule has 0 spiro atoms. The Balaban J connectivity index is 1.69. The number of benzene rings is 2. The Morgan fingerprint density at radius 1 is 1.11 bits per heavy atom. The van der Waals surface area contributed by atoms with Gasteiger partial charge in [-0.25, -0.2) is 5.01 Å². The molecule has 1 atom stereocenters. The highest BCUT2D eigenvalue weighted by Gasteiger charge is 2.33. The summed E-state index contributed by atoms with van der Waals surface area (Å²) in [6, 6.07) is 11.1. The van der Waals surface area contributed by atoms with Crippen molar-refractivity contribution in [3.8, 4) is 23.0 Å². The lowest BCUT2D eigenvalue weighted by Crippen LogP contribution is -2.24. The highest BCUT2D eigenvalue weighted by molar-refractivity contribution is 6.05. The summed E-state index contributed by atoms with van der Waals surface area (Å²) in [6.45, 7) is 1.72. The zero-order valence-electron chi connectivity index (χ0n) is 15.4. The fourth-order valence-corrected chi connectivity index (χ4v) is 3.38. The lowest BCUT2D eigenvalue weighted by molar-refractivity contribution is -0.130. The number of carbonyl (C=O) groups excluding carboxylic acids is 1. The maximum Gasteiger partial charge on any atom is 0.240 e. The van der Waals surface area contributed by atoms with E-state index in [0.29, 0.717) is 29.4 Å². The molecular formula is C20H20N2O5. The molecule has 0 fully saturated rings. The van der Waals surface area contributed by atoms with Crippen molar-refractivity contribution in [3.05, 3.63) is 47.5 Å². The van der Waals surface area contributed by atoms with Crippen molar-refractivity contribution >= 4 is 11.6 Å². The molecule has 140 valence electrons. The van der Waals surface area contributed by atoms with E-state index in [4.69, 9.17) is 18.9 Å². The monoisotopic (exact) mass is 368 g/mol. The third kappa shape index (κ3) is 3.05. The van der Waals surface area contributed by atoms with Gasteiger partial charge in [-0.1, -0.05) is 6.07 Å². The predicted molar refractivity (Wildman–Crippen MR) is 98.5 cm³/mol. The van der Waals surface area contributed by atoms with E-state index in [1.807, 2.05) is 36.4 Å². The molecule has 7 heteroatoms. The van der Waals surface area contributed by atoms with Crippen molar-refractivity contribution in [2.45, 2.75) is 19.4 Å². The SMILES string of the molecule is COc1ccc(C2=NN(C(C)=O)C(c3ccc4c(c3)OCO4)C2)c(OC)c1. The first-order valence-electron chi connectivity index (χ1n) is 8.60. The Bertz CT molecular complexity index is 925. The zero-order valence-corrected chi connectivity index (χ0v) is 15.4. The fraction of sp³-hybridized carbons (Fsp3) is 0.300. The molecule has 1 unspecified atom stereocenters. The van der Waals surface area contributed by atoms with Crippen molar-refractivity contribution in [2.75, 3.05) is 21.0 Å². The first-order chi connectivity index (χ1) is 13.1. The minimum atomic E-state index is -0.209. The van der Waals surface area contributed by atoms with Crippen molar-refractivity contribution in [1.29, 1.82) is 0 Å². The maximum atomic E-state index is 12.2. The van der Waals surface area contributed by atoms with Crippen LogP contribution in [0.1, 0.15) is 30.5 Å². The summed E-state index contributed by atoms with van der Waals surface area (Å²) in [5.74, 6) is 2.63. The van der Waals surface area contributed by atoms with Crippen LogP contribution in [0.4, 0.5) is 0 Å². The fourth-order valence-electron chi connectivity index (χ4n) is 3.38. The second kappa shape index (κ2) is 6.83. The molecule has 2 aromatic carbocycles. The molecule has 4 rings (SSSR count). The van der Waals surface area contributed by atoms with Crippen molar-refractivity contribution in [1.82, 2.24) is 5.01 Å². The van der Waals surface area contributed by atoms with Gasteiger partial charge < -0.3 is 18.9 Å². The molecule has 2 aromatic rings. The van der Waals surface area contributed by atoms with Crippen LogP contribution in [0.5, 0.6) is 23.0 Å². The minimum Gasteiger partial charge on any atom is -0.497 e. The number of amides is 1. The zero-order chi connectivity index (χ0) is 19.0. The van der Waals surface area contributed by atoms with Gasteiger partial charge in [0.25, 0.3) is 0 Å². The van der Waals surface area contributed by atoms with Gasteiger partial charge in [0.15, 0.2) is 11.5 Å². The molecule has 2 aliphatic heterocycles. The van der Waals surface area contributed by atoms with E-state index in [-0.39, 0.29) is 18.7 Å². The first-order valence-corrected chi connectivity index (χ1v) is 8.60. The standard InChI is InChI=1S/C20H20N2O5/c1-12(23)22-17(13-4-7-18-20(8-13)27-11-26-18)10-16(21-22)15-6-5-14(24-2)9-19(15)25-3/h4-9,17H,10-11H2,1-3H3. The van der Waals surface area contributed by atoms with E-state index in [2.05, 4.69) is 5.10 Å². The van der Waals surface area contributed by atoms with E-state index < -0.39 is 0 Å². The molecule has 7 nitrogen and oxygen atoms in total. The summed E-state index contributed by atoms with van der Waals surface area (Å²) < 4.78 is 21.6. The summed E-state index contributed by atoms with van der Waals surface area (Å²) in [4.78, 5) is 12.2. The number of hydrogen-bond acceptors (Lipinski definition) is 6. The van der Waals surface area contributed by atoms with Gasteiger partial charge in [0.1, 0.15) is 11.5 Å². The number of hydrogen-bond donors (Lipinski definition) is 0. The Morgan fingerprint density at radius 3 is 2.67 bits per heavy atom. The van der Waals surface area contributed by atoms with E-state index in [1.54, 1.807) is 14.2 Å². The largest absolute Gasteiger partial charge is 0.497 e. The summed E-state index contributed by atoms with van der Waals surface area (Å²) in [5, 5.41) is 6.09. The molecule has 1 amide bonds. The van der Waals surface area contributed by atoms with Crippen LogP contribution in [0.2, 0.25) is 0 Å². The Kier molecular flexibility index (Phi) is 4.35. The Morgan fingerprint density at radius 2 is 1.93 bits per heavy atom. The lowest BCUT2D eigenvalue weighted by Gasteiger charge is -2.20. The first kappa shape index (κ1) is 17.2. The highest BCUT2D eigenvalue weighted by Crippen LogP contribution is 2.40. The number of rotatable bonds is 4. The highest BCUT2D eigenvalue weighted by atomic mass is 16.7. The lowest BCUT2D eigenvalue weighted by atomic mass is 9.97. The molecule has 27 heavy (non-hydrogen) atoms. The second-order valence-electron chi connectivity index (χ2n) is 6.31. The topological polar surface area (TPSA) is 69.6 Å². The third-order valence-electron chi connectivity index (χ3n) is 4.73. The van der Waals surface area contributed by atoms with Crippen molar-refractivity contribution in [3.63, 3.8) is 0 Å². The van der Waals surface area contributed by atoms with E-state index in [1.165, 1.54) is 11.9 Å². The molecule has 0 N–H and O–H groups in total. The number of carbonyl (C=O) groups is 1. The molecule has 0 aliphatic carbocycles. The predicted octanol–water partition coefficient (Wildman–Crippen LogP) is 3.13. The van der Waals surface area contributed by atoms with Crippen molar-refractivity contribution < 1.29 is 23.7 Å². The van der Waals surface area contributed by atoms with Gasteiger partial charge in [-0.05, 0) is 29.8 Å². The number of nitrogens with zero attached hydrogens (tertiary/aromatic N) is 2. The molecule has 0 bridgehead atoms. The smallest absolute Gasteiger partial charge is 0.240 e. The van der Waals surface area contributed by atoms with Crippen LogP contribution in [-0.2, 0) is 4.79 Å². The normalized spacial score (nSPS) is 17.7. The van der Waals surface area contributed by atoms with Gasteiger partial charge in [-0.15, -0.1) is 0 Å². The molecule has 0 aromatic heterocycles. The van der Waals surface area contributed by atoms with Crippen LogP contribution >= 0.6 is 0 Å². The van der Waals surface area contributed by atoms with Gasteiger partial charge in [-0.2, -0.15) is 5.10 Å². The molecule has 0 saturated carbocycles. The van der Waals surface area contributed by atoms with Gasteiger partial charge in [0.05, 0.1) is 26.0 Å². The summed E-state index contributed by atoms with van der Waals surface area (Å²) >= 11 is 0. The van der Waals surface area contributed by atoms with Gasteiger partial charge in [0.2, 0.25) is 12.7 Å².